The summed E-state index contributed by atoms with van der Waals surface area (Å²) in [5.74, 6) is 0. The van der Waals surface area contributed by atoms with Crippen molar-refractivity contribution in [1.29, 1.82) is 0 Å². The number of nitrogens with zero attached hydrogens (tertiary/aromatic N) is 1. The molecule has 1 heterocycles. The van der Waals surface area contributed by atoms with Crippen molar-refractivity contribution in [3.8, 4) is 0 Å². The summed E-state index contributed by atoms with van der Waals surface area (Å²) in [5, 5.41) is 2.03. The zero-order chi connectivity index (χ0) is 11.9. The Hall–Kier alpha value is -0.990. The molecule has 2 N–H and O–H groups in total. The van der Waals surface area contributed by atoms with Gasteiger partial charge in [0.15, 0.2) is 0 Å². The van der Waals surface area contributed by atoms with Crippen molar-refractivity contribution in [2.75, 3.05) is 0 Å². The molecule has 1 unspecified atom stereocenters. The van der Waals surface area contributed by atoms with Crippen LogP contribution in [0.1, 0.15) is 18.2 Å². The van der Waals surface area contributed by atoms with E-state index in [0.717, 1.165) is 17.0 Å². The summed E-state index contributed by atoms with van der Waals surface area (Å²) >= 11 is 6.23. The van der Waals surface area contributed by atoms with E-state index in [1.165, 1.54) is 16.6 Å². The third-order valence-corrected chi connectivity index (χ3v) is 3.38. The maximum absolute atomic E-state index is 6.23. The average Bonchev–Trinajstić information content (AvgIpc) is 2.44. The zero-order valence-corrected chi connectivity index (χ0v) is 10.7. The van der Waals surface area contributed by atoms with Crippen molar-refractivity contribution >= 4 is 22.5 Å². The van der Waals surface area contributed by atoms with Gasteiger partial charge >= 0.3 is 0 Å². The number of rotatable bonds is 2. The van der Waals surface area contributed by atoms with Gasteiger partial charge in [0.1, 0.15) is 0 Å². The Balaban J connectivity index is 2.72. The van der Waals surface area contributed by atoms with E-state index in [9.17, 15) is 0 Å². The molecule has 0 saturated carbocycles. The Morgan fingerprint density at radius 2 is 2.12 bits per heavy atom. The second-order valence-corrected chi connectivity index (χ2v) is 4.86. The molecule has 2 rings (SSSR count). The van der Waals surface area contributed by atoms with E-state index < -0.39 is 0 Å². The highest BCUT2D eigenvalue weighted by Gasteiger charge is 2.14. The van der Waals surface area contributed by atoms with Crippen LogP contribution in [0.15, 0.2) is 18.2 Å². The van der Waals surface area contributed by atoms with Gasteiger partial charge < -0.3 is 10.3 Å². The summed E-state index contributed by atoms with van der Waals surface area (Å²) in [6.45, 7) is 4.16. The largest absolute Gasteiger partial charge is 0.346 e. The van der Waals surface area contributed by atoms with E-state index >= 15 is 0 Å². The van der Waals surface area contributed by atoms with Crippen LogP contribution in [0.5, 0.6) is 0 Å². The van der Waals surface area contributed by atoms with Crippen molar-refractivity contribution < 1.29 is 0 Å². The van der Waals surface area contributed by atoms with Gasteiger partial charge in [-0.3, -0.25) is 0 Å². The van der Waals surface area contributed by atoms with Crippen molar-refractivity contribution in [3.05, 3.63) is 34.5 Å². The predicted octanol–water partition coefficient (Wildman–Crippen LogP) is 3.03. The summed E-state index contributed by atoms with van der Waals surface area (Å²) in [6, 6.07) is 6.20. The van der Waals surface area contributed by atoms with Gasteiger partial charge in [0.2, 0.25) is 0 Å². The highest BCUT2D eigenvalue weighted by atomic mass is 35.5. The van der Waals surface area contributed by atoms with Gasteiger partial charge in [0, 0.05) is 30.6 Å². The fourth-order valence-corrected chi connectivity index (χ4v) is 2.60. The first-order valence-electron chi connectivity index (χ1n) is 5.50. The third kappa shape index (κ3) is 1.72. The van der Waals surface area contributed by atoms with E-state index in [1.54, 1.807) is 0 Å². The van der Waals surface area contributed by atoms with Crippen molar-refractivity contribution in [2.24, 2.45) is 12.8 Å². The fraction of sp³-hybridized carbons (Fsp3) is 0.385. The molecule has 0 saturated heterocycles. The van der Waals surface area contributed by atoms with Crippen LogP contribution in [0.4, 0.5) is 0 Å². The van der Waals surface area contributed by atoms with E-state index in [1.807, 2.05) is 19.1 Å². The normalized spacial score (nSPS) is 13.3. The first-order valence-corrected chi connectivity index (χ1v) is 5.88. The lowest BCUT2D eigenvalue weighted by molar-refractivity contribution is 0.693. The van der Waals surface area contributed by atoms with Crippen molar-refractivity contribution in [3.63, 3.8) is 0 Å². The van der Waals surface area contributed by atoms with Crippen LogP contribution in [-0.2, 0) is 13.5 Å². The Morgan fingerprint density at radius 3 is 2.69 bits per heavy atom. The number of aromatic nitrogens is 1. The van der Waals surface area contributed by atoms with Crippen LogP contribution < -0.4 is 5.73 Å². The first-order chi connectivity index (χ1) is 7.52. The maximum atomic E-state index is 6.23. The quantitative estimate of drug-likeness (QED) is 0.854. The molecule has 3 heteroatoms. The summed E-state index contributed by atoms with van der Waals surface area (Å²) in [4.78, 5) is 0. The molecule has 0 aliphatic carbocycles. The molecule has 0 aliphatic rings. The minimum absolute atomic E-state index is 0.167. The van der Waals surface area contributed by atoms with Crippen LogP contribution in [0.2, 0.25) is 5.02 Å². The number of nitrogens with two attached hydrogens (primary N) is 1. The van der Waals surface area contributed by atoms with Crippen LogP contribution in [0.25, 0.3) is 10.9 Å². The molecule has 0 amide bonds. The van der Waals surface area contributed by atoms with Gasteiger partial charge in [0.05, 0.1) is 10.5 Å². The minimum atomic E-state index is 0.167. The van der Waals surface area contributed by atoms with Gasteiger partial charge in [-0.25, -0.2) is 0 Å². The van der Waals surface area contributed by atoms with Gasteiger partial charge in [-0.05, 0) is 25.5 Å². The Bertz CT molecular complexity index is 526. The predicted molar refractivity (Wildman–Crippen MR) is 70.0 cm³/mol. The number of fused-ring (bicyclic) bond motifs is 1. The lowest BCUT2D eigenvalue weighted by Gasteiger charge is -2.08. The van der Waals surface area contributed by atoms with Gasteiger partial charge in [-0.1, -0.05) is 23.7 Å². The lowest BCUT2D eigenvalue weighted by Crippen LogP contribution is -2.19. The van der Waals surface area contributed by atoms with Crippen LogP contribution in [0.3, 0.4) is 0 Å². The highest BCUT2D eigenvalue weighted by molar-refractivity contribution is 6.35. The monoisotopic (exact) mass is 236 g/mol. The number of benzene rings is 1. The van der Waals surface area contributed by atoms with Crippen LogP contribution in [-0.4, -0.2) is 10.6 Å². The molecule has 1 atom stereocenters. The second-order valence-electron chi connectivity index (χ2n) is 4.45. The van der Waals surface area contributed by atoms with Crippen molar-refractivity contribution in [1.82, 2.24) is 4.57 Å². The molecule has 1 aromatic heterocycles. The Morgan fingerprint density at radius 1 is 1.44 bits per heavy atom. The molecule has 86 valence electrons. The summed E-state index contributed by atoms with van der Waals surface area (Å²) in [7, 11) is 2.05. The molecular weight excluding hydrogens is 220 g/mol. The lowest BCUT2D eigenvalue weighted by atomic mass is 10.1. The van der Waals surface area contributed by atoms with Crippen molar-refractivity contribution in [2.45, 2.75) is 26.3 Å². The van der Waals surface area contributed by atoms with Crippen LogP contribution >= 0.6 is 11.6 Å². The Labute approximate surface area is 101 Å². The van der Waals surface area contributed by atoms with E-state index in [4.69, 9.17) is 17.3 Å². The zero-order valence-electron chi connectivity index (χ0n) is 9.92. The molecule has 2 nitrogen and oxygen atoms in total. The SMILES string of the molecule is Cc1c(CC(C)N)n(C)c2c(Cl)cccc12. The first kappa shape index (κ1) is 11.5. The van der Waals surface area contributed by atoms with Crippen LogP contribution in [0, 0.1) is 6.92 Å². The number of hydrogen-bond donors (Lipinski definition) is 1. The summed E-state index contributed by atoms with van der Waals surface area (Å²) < 4.78 is 2.16. The summed E-state index contributed by atoms with van der Waals surface area (Å²) in [5.41, 5.74) is 9.55. The molecule has 0 radical (unpaired) electrons. The molecule has 0 spiro atoms. The third-order valence-electron chi connectivity index (χ3n) is 3.08. The number of hydrogen-bond acceptors (Lipinski definition) is 1. The topological polar surface area (TPSA) is 30.9 Å². The number of para-hydroxylation sites is 1. The van der Waals surface area contributed by atoms with Gasteiger partial charge in [0.25, 0.3) is 0 Å². The van der Waals surface area contributed by atoms with E-state index in [2.05, 4.69) is 24.6 Å². The molecule has 0 bridgehead atoms. The standard InChI is InChI=1S/C13H17ClN2/c1-8(15)7-12-9(2)10-5-4-6-11(14)13(10)16(12)3/h4-6,8H,7,15H2,1-3H3. The van der Waals surface area contributed by atoms with Gasteiger partial charge in [-0.15, -0.1) is 0 Å². The maximum Gasteiger partial charge on any atom is 0.0672 e. The van der Waals surface area contributed by atoms with E-state index in [0.29, 0.717) is 0 Å². The fourth-order valence-electron chi connectivity index (χ4n) is 2.30. The highest BCUT2D eigenvalue weighted by Crippen LogP contribution is 2.30. The number of halogens is 1. The number of aryl methyl sites for hydroxylation is 2. The Kier molecular flexibility index (Phi) is 2.96. The molecule has 0 aliphatic heterocycles. The molecular formula is C13H17ClN2. The molecule has 1 aromatic carbocycles. The van der Waals surface area contributed by atoms with Gasteiger partial charge in [-0.2, -0.15) is 0 Å². The summed E-state index contributed by atoms with van der Waals surface area (Å²) in [6.07, 6.45) is 0.882. The molecule has 0 fully saturated rings. The second kappa shape index (κ2) is 4.11. The average molecular weight is 237 g/mol. The van der Waals surface area contributed by atoms with E-state index in [-0.39, 0.29) is 6.04 Å². The molecule has 16 heavy (non-hydrogen) atoms. The smallest absolute Gasteiger partial charge is 0.0672 e. The molecule has 2 aromatic rings. The minimum Gasteiger partial charge on any atom is -0.346 e.